The van der Waals surface area contributed by atoms with E-state index in [1.54, 1.807) is 0 Å². The molecule has 0 rings (SSSR count). The van der Waals surface area contributed by atoms with Crippen molar-refractivity contribution in [3.8, 4) is 0 Å². The van der Waals surface area contributed by atoms with Crippen molar-refractivity contribution >= 4 is 17.7 Å². The number of hydrogen-bond acceptors (Lipinski definition) is 3. The molecular weight excluding hydrogens is 208 g/mol. The summed E-state index contributed by atoms with van der Waals surface area (Å²) < 4.78 is 0. The second kappa shape index (κ2) is 7.99. The summed E-state index contributed by atoms with van der Waals surface area (Å²) in [6.45, 7) is 8.58. The number of rotatable bonds is 8. The average molecular weight is 232 g/mol. The number of thioether (sulfide) groups is 1. The fourth-order valence-electron chi connectivity index (χ4n) is 1.38. The van der Waals surface area contributed by atoms with E-state index >= 15 is 0 Å². The molecule has 3 N–H and O–H groups in total. The minimum atomic E-state index is -0.239. The number of amides is 1. The SMILES string of the molecule is CC(C)CSCC(C)NC(C)CC(N)=O. The Labute approximate surface area is 97.6 Å². The smallest absolute Gasteiger partial charge is 0.218 e. The summed E-state index contributed by atoms with van der Waals surface area (Å²) in [5.74, 6) is 2.78. The van der Waals surface area contributed by atoms with Gasteiger partial charge in [-0.05, 0) is 25.5 Å². The number of hydrogen-bond donors (Lipinski definition) is 2. The van der Waals surface area contributed by atoms with Gasteiger partial charge in [0.1, 0.15) is 0 Å². The van der Waals surface area contributed by atoms with E-state index in [4.69, 9.17) is 5.73 Å². The van der Waals surface area contributed by atoms with Gasteiger partial charge in [0.25, 0.3) is 0 Å². The Hall–Kier alpha value is -0.220. The van der Waals surface area contributed by atoms with Crippen LogP contribution in [0.5, 0.6) is 0 Å². The van der Waals surface area contributed by atoms with Crippen molar-refractivity contribution in [3.05, 3.63) is 0 Å². The van der Waals surface area contributed by atoms with E-state index in [-0.39, 0.29) is 11.9 Å². The van der Waals surface area contributed by atoms with Crippen LogP contribution in [0.2, 0.25) is 0 Å². The zero-order valence-corrected chi connectivity index (χ0v) is 11.1. The van der Waals surface area contributed by atoms with Crippen LogP contribution in [0, 0.1) is 5.92 Å². The van der Waals surface area contributed by atoms with Crippen LogP contribution in [-0.2, 0) is 4.79 Å². The van der Waals surface area contributed by atoms with Gasteiger partial charge in [-0.2, -0.15) is 11.8 Å². The van der Waals surface area contributed by atoms with Gasteiger partial charge < -0.3 is 11.1 Å². The van der Waals surface area contributed by atoms with Gasteiger partial charge in [-0.25, -0.2) is 0 Å². The van der Waals surface area contributed by atoms with E-state index in [2.05, 4.69) is 26.1 Å². The number of nitrogens with one attached hydrogen (secondary N) is 1. The van der Waals surface area contributed by atoms with Gasteiger partial charge in [0, 0.05) is 24.3 Å². The van der Waals surface area contributed by atoms with Crippen LogP contribution in [0.3, 0.4) is 0 Å². The molecule has 1 amide bonds. The summed E-state index contributed by atoms with van der Waals surface area (Å²) in [7, 11) is 0. The van der Waals surface area contributed by atoms with Gasteiger partial charge >= 0.3 is 0 Å². The Morgan fingerprint density at radius 3 is 2.27 bits per heavy atom. The summed E-state index contributed by atoms with van der Waals surface area (Å²) in [6.07, 6.45) is 0.416. The molecule has 0 aliphatic rings. The highest BCUT2D eigenvalue weighted by atomic mass is 32.2. The lowest BCUT2D eigenvalue weighted by Crippen LogP contribution is -2.38. The molecule has 90 valence electrons. The zero-order valence-electron chi connectivity index (χ0n) is 10.2. The molecular formula is C11H24N2OS. The first kappa shape index (κ1) is 14.8. The molecule has 0 aliphatic carbocycles. The third-order valence-corrected chi connectivity index (χ3v) is 3.53. The summed E-state index contributed by atoms with van der Waals surface area (Å²) in [5.41, 5.74) is 5.12. The fourth-order valence-corrected chi connectivity index (χ4v) is 2.43. The molecule has 0 saturated heterocycles. The van der Waals surface area contributed by atoms with E-state index in [1.807, 2.05) is 18.7 Å². The fraction of sp³-hybridized carbons (Fsp3) is 0.909. The topological polar surface area (TPSA) is 55.1 Å². The minimum Gasteiger partial charge on any atom is -0.370 e. The van der Waals surface area contributed by atoms with Crippen molar-refractivity contribution < 1.29 is 4.79 Å². The Balaban J connectivity index is 3.55. The van der Waals surface area contributed by atoms with Crippen molar-refractivity contribution in [1.29, 1.82) is 0 Å². The summed E-state index contributed by atoms with van der Waals surface area (Å²) in [5, 5.41) is 3.36. The van der Waals surface area contributed by atoms with Crippen molar-refractivity contribution in [1.82, 2.24) is 5.32 Å². The summed E-state index contributed by atoms with van der Waals surface area (Å²) in [6, 6.07) is 0.611. The first-order chi connectivity index (χ1) is 6.91. The maximum absolute atomic E-state index is 10.7. The summed E-state index contributed by atoms with van der Waals surface area (Å²) in [4.78, 5) is 10.7. The van der Waals surface area contributed by atoms with Gasteiger partial charge in [0.15, 0.2) is 0 Å². The van der Waals surface area contributed by atoms with Crippen LogP contribution in [-0.4, -0.2) is 29.5 Å². The highest BCUT2D eigenvalue weighted by Gasteiger charge is 2.09. The van der Waals surface area contributed by atoms with E-state index in [9.17, 15) is 4.79 Å². The molecule has 15 heavy (non-hydrogen) atoms. The third kappa shape index (κ3) is 10.1. The maximum atomic E-state index is 10.7. The largest absolute Gasteiger partial charge is 0.370 e. The molecule has 2 unspecified atom stereocenters. The Morgan fingerprint density at radius 2 is 1.80 bits per heavy atom. The second-order valence-electron chi connectivity index (χ2n) is 4.57. The molecule has 0 aliphatic heterocycles. The van der Waals surface area contributed by atoms with E-state index in [0.717, 1.165) is 11.7 Å². The quantitative estimate of drug-likeness (QED) is 0.668. The van der Waals surface area contributed by atoms with Gasteiger partial charge in [-0.3, -0.25) is 4.79 Å². The Bertz CT molecular complexity index is 185. The monoisotopic (exact) mass is 232 g/mol. The molecule has 0 bridgehead atoms. The molecule has 0 aromatic carbocycles. The molecule has 3 nitrogen and oxygen atoms in total. The molecule has 2 atom stereocenters. The molecule has 0 heterocycles. The lowest BCUT2D eigenvalue weighted by atomic mass is 10.2. The summed E-state index contributed by atoms with van der Waals surface area (Å²) >= 11 is 1.95. The average Bonchev–Trinajstić information content (AvgIpc) is 2.00. The highest BCUT2D eigenvalue weighted by Crippen LogP contribution is 2.09. The molecule has 0 aromatic heterocycles. The standard InChI is InChI=1S/C11H24N2OS/c1-8(2)6-15-7-10(4)13-9(3)5-11(12)14/h8-10,13H,5-7H2,1-4H3,(H2,12,14). The van der Waals surface area contributed by atoms with Gasteiger partial charge in [-0.15, -0.1) is 0 Å². The van der Waals surface area contributed by atoms with Crippen molar-refractivity contribution in [3.63, 3.8) is 0 Å². The van der Waals surface area contributed by atoms with E-state index in [1.165, 1.54) is 5.75 Å². The lowest BCUT2D eigenvalue weighted by Gasteiger charge is -2.19. The number of nitrogens with two attached hydrogens (primary N) is 1. The van der Waals surface area contributed by atoms with Crippen molar-refractivity contribution in [2.24, 2.45) is 11.7 Å². The highest BCUT2D eigenvalue weighted by molar-refractivity contribution is 7.99. The second-order valence-corrected chi connectivity index (χ2v) is 5.65. The van der Waals surface area contributed by atoms with Crippen LogP contribution in [0.15, 0.2) is 0 Å². The zero-order chi connectivity index (χ0) is 11.8. The molecule has 0 spiro atoms. The molecule has 0 radical (unpaired) electrons. The van der Waals surface area contributed by atoms with Crippen molar-refractivity contribution in [2.75, 3.05) is 11.5 Å². The van der Waals surface area contributed by atoms with E-state index < -0.39 is 0 Å². The first-order valence-corrected chi connectivity index (χ1v) is 6.69. The van der Waals surface area contributed by atoms with E-state index in [0.29, 0.717) is 12.5 Å². The van der Waals surface area contributed by atoms with Crippen LogP contribution >= 0.6 is 11.8 Å². The predicted octanol–water partition coefficient (Wildman–Crippen LogP) is 1.62. The lowest BCUT2D eigenvalue weighted by molar-refractivity contribution is -0.118. The van der Waals surface area contributed by atoms with Gasteiger partial charge in [0.2, 0.25) is 5.91 Å². The normalized spacial score (nSPS) is 15.3. The molecule has 0 aromatic rings. The molecule has 0 saturated carbocycles. The van der Waals surface area contributed by atoms with Gasteiger partial charge in [-0.1, -0.05) is 13.8 Å². The maximum Gasteiger partial charge on any atom is 0.218 e. The van der Waals surface area contributed by atoms with Crippen LogP contribution in [0.25, 0.3) is 0 Å². The predicted molar refractivity (Wildman–Crippen MR) is 68.0 cm³/mol. The third-order valence-electron chi connectivity index (χ3n) is 1.90. The molecule has 4 heteroatoms. The number of carbonyl (C=O) groups excluding carboxylic acids is 1. The van der Waals surface area contributed by atoms with Crippen molar-refractivity contribution in [2.45, 2.75) is 46.2 Å². The Kier molecular flexibility index (Phi) is 7.88. The number of carbonyl (C=O) groups is 1. The minimum absolute atomic E-state index is 0.178. The van der Waals surface area contributed by atoms with Crippen LogP contribution < -0.4 is 11.1 Å². The number of primary amides is 1. The van der Waals surface area contributed by atoms with Crippen LogP contribution in [0.1, 0.15) is 34.1 Å². The molecule has 0 fully saturated rings. The Morgan fingerprint density at radius 1 is 1.20 bits per heavy atom. The van der Waals surface area contributed by atoms with Crippen LogP contribution in [0.4, 0.5) is 0 Å². The first-order valence-electron chi connectivity index (χ1n) is 5.54. The van der Waals surface area contributed by atoms with Gasteiger partial charge in [0.05, 0.1) is 0 Å².